The van der Waals surface area contributed by atoms with Crippen LogP contribution in [0.5, 0.6) is 0 Å². The largest absolute Gasteiger partial charge is 0.481 e. The summed E-state index contributed by atoms with van der Waals surface area (Å²) in [6.07, 6.45) is 4.02. The van der Waals surface area contributed by atoms with Gasteiger partial charge in [0.25, 0.3) is 5.91 Å². The Morgan fingerprint density at radius 2 is 1.77 bits per heavy atom. The van der Waals surface area contributed by atoms with Crippen LogP contribution in [0.4, 0.5) is 0 Å². The Hall–Kier alpha value is -1.83. The molecule has 2 amide bonds. The Balaban J connectivity index is 2.86. The second kappa shape index (κ2) is 14.2. The number of hydrogen-bond donors (Lipinski definition) is 3. The molecule has 0 fully saturated rings. The number of carboxylic acid groups (broad SMARTS) is 1. The minimum Gasteiger partial charge on any atom is -0.481 e. The number of carboxylic acids is 1. The fourth-order valence-electron chi connectivity index (χ4n) is 2.93. The second-order valence-electron chi connectivity index (χ2n) is 7.07. The van der Waals surface area contributed by atoms with Crippen LogP contribution in [0.15, 0.2) is 18.2 Å². The fourth-order valence-corrected chi connectivity index (χ4v) is 3.23. The quantitative estimate of drug-likeness (QED) is 0.363. The number of rotatable bonds is 14. The molecule has 30 heavy (non-hydrogen) atoms. The number of nitrogens with one attached hydrogen (secondary N) is 2. The van der Waals surface area contributed by atoms with Crippen molar-refractivity contribution in [2.24, 2.45) is 0 Å². The molecule has 0 aliphatic carbocycles. The molecular weight excluding hydrogens is 431 g/mol. The SMILES string of the molecule is CCCCC(CCCOC)NC(=O)C(CCC(=O)O)NC(=O)c1ccc(Cl)c(Cl)c1. The van der Waals surface area contributed by atoms with E-state index in [1.807, 2.05) is 0 Å². The first-order valence-electron chi connectivity index (χ1n) is 10.1. The zero-order valence-corrected chi connectivity index (χ0v) is 18.9. The fraction of sp³-hybridized carbons (Fsp3) is 0.571. The maximum atomic E-state index is 12.9. The molecule has 0 radical (unpaired) electrons. The molecule has 2 atom stereocenters. The topological polar surface area (TPSA) is 105 Å². The van der Waals surface area contributed by atoms with Crippen molar-refractivity contribution >= 4 is 41.0 Å². The summed E-state index contributed by atoms with van der Waals surface area (Å²) in [7, 11) is 1.63. The lowest BCUT2D eigenvalue weighted by Gasteiger charge is -2.23. The van der Waals surface area contributed by atoms with E-state index in [2.05, 4.69) is 17.6 Å². The average Bonchev–Trinajstić information content (AvgIpc) is 2.70. The molecule has 1 aromatic rings. The predicted octanol–water partition coefficient (Wildman–Crippen LogP) is 4.06. The van der Waals surface area contributed by atoms with Crippen LogP contribution in [-0.4, -0.2) is 48.7 Å². The zero-order chi connectivity index (χ0) is 22.5. The third kappa shape index (κ3) is 9.78. The Labute approximate surface area is 187 Å². The average molecular weight is 461 g/mol. The van der Waals surface area contributed by atoms with Crippen LogP contribution >= 0.6 is 23.2 Å². The lowest BCUT2D eigenvalue weighted by molar-refractivity contribution is -0.137. The number of carbonyl (C=O) groups is 3. The van der Waals surface area contributed by atoms with Gasteiger partial charge in [0.1, 0.15) is 6.04 Å². The summed E-state index contributed by atoms with van der Waals surface area (Å²) in [6.45, 7) is 2.66. The van der Waals surface area contributed by atoms with Crippen molar-refractivity contribution in [1.29, 1.82) is 0 Å². The number of halogens is 2. The molecule has 0 saturated carbocycles. The van der Waals surface area contributed by atoms with E-state index in [1.54, 1.807) is 7.11 Å². The van der Waals surface area contributed by atoms with Crippen LogP contribution in [0.1, 0.15) is 62.2 Å². The van der Waals surface area contributed by atoms with Crippen molar-refractivity contribution in [3.8, 4) is 0 Å². The van der Waals surface area contributed by atoms with Crippen LogP contribution in [0, 0.1) is 0 Å². The lowest BCUT2D eigenvalue weighted by atomic mass is 10.0. The van der Waals surface area contributed by atoms with Crippen LogP contribution in [0.2, 0.25) is 10.0 Å². The van der Waals surface area contributed by atoms with Gasteiger partial charge in [0.15, 0.2) is 0 Å². The zero-order valence-electron chi connectivity index (χ0n) is 17.4. The molecule has 2 unspecified atom stereocenters. The van der Waals surface area contributed by atoms with Crippen molar-refractivity contribution < 1.29 is 24.2 Å². The number of unbranched alkanes of at least 4 members (excludes halogenated alkanes) is 1. The van der Waals surface area contributed by atoms with Gasteiger partial charge in [-0.15, -0.1) is 0 Å². The highest BCUT2D eigenvalue weighted by molar-refractivity contribution is 6.42. The molecule has 0 heterocycles. The monoisotopic (exact) mass is 460 g/mol. The van der Waals surface area contributed by atoms with Gasteiger partial charge in [-0.05, 0) is 43.9 Å². The molecule has 1 aromatic carbocycles. The summed E-state index contributed by atoms with van der Waals surface area (Å²) in [5, 5.41) is 15.1. The van der Waals surface area contributed by atoms with E-state index in [4.69, 9.17) is 33.0 Å². The molecule has 0 spiro atoms. The highest BCUT2D eigenvalue weighted by Crippen LogP contribution is 2.22. The van der Waals surface area contributed by atoms with Crippen molar-refractivity contribution in [2.45, 2.75) is 64.0 Å². The third-order valence-corrected chi connectivity index (χ3v) is 5.34. The van der Waals surface area contributed by atoms with Crippen LogP contribution in [0.3, 0.4) is 0 Å². The van der Waals surface area contributed by atoms with Gasteiger partial charge in [0, 0.05) is 31.7 Å². The van der Waals surface area contributed by atoms with Gasteiger partial charge < -0.3 is 20.5 Å². The van der Waals surface area contributed by atoms with Crippen LogP contribution in [-0.2, 0) is 14.3 Å². The normalized spacial score (nSPS) is 12.8. The Kier molecular flexibility index (Phi) is 12.4. The molecule has 0 bridgehead atoms. The number of aliphatic carboxylic acids is 1. The summed E-state index contributed by atoms with van der Waals surface area (Å²) in [5.41, 5.74) is 0.236. The van der Waals surface area contributed by atoms with Crippen LogP contribution < -0.4 is 10.6 Å². The Bertz CT molecular complexity index is 715. The highest BCUT2D eigenvalue weighted by atomic mass is 35.5. The van der Waals surface area contributed by atoms with Gasteiger partial charge in [-0.2, -0.15) is 0 Å². The second-order valence-corrected chi connectivity index (χ2v) is 7.88. The maximum absolute atomic E-state index is 12.9. The summed E-state index contributed by atoms with van der Waals surface area (Å²) < 4.78 is 5.08. The highest BCUT2D eigenvalue weighted by Gasteiger charge is 2.24. The molecule has 168 valence electrons. The molecule has 1 rings (SSSR count). The molecule has 3 N–H and O–H groups in total. The number of methoxy groups -OCH3 is 1. The van der Waals surface area contributed by atoms with E-state index < -0.39 is 23.8 Å². The van der Waals surface area contributed by atoms with E-state index in [1.165, 1.54) is 18.2 Å². The molecule has 0 aliphatic heterocycles. The number of amides is 2. The molecule has 0 saturated heterocycles. The first-order chi connectivity index (χ1) is 14.3. The minimum atomic E-state index is -1.04. The van der Waals surface area contributed by atoms with Gasteiger partial charge in [-0.1, -0.05) is 43.0 Å². The smallest absolute Gasteiger partial charge is 0.303 e. The van der Waals surface area contributed by atoms with E-state index in [0.717, 1.165) is 32.1 Å². The Morgan fingerprint density at radius 3 is 2.37 bits per heavy atom. The number of benzene rings is 1. The molecule has 0 aromatic heterocycles. The van der Waals surface area contributed by atoms with E-state index in [-0.39, 0.29) is 29.5 Å². The van der Waals surface area contributed by atoms with Gasteiger partial charge in [0.2, 0.25) is 5.91 Å². The lowest BCUT2D eigenvalue weighted by Crippen LogP contribution is -2.50. The summed E-state index contributed by atoms with van der Waals surface area (Å²) >= 11 is 11.8. The van der Waals surface area contributed by atoms with E-state index in [0.29, 0.717) is 11.6 Å². The van der Waals surface area contributed by atoms with Crippen LogP contribution in [0.25, 0.3) is 0 Å². The van der Waals surface area contributed by atoms with Crippen molar-refractivity contribution in [3.63, 3.8) is 0 Å². The molecule has 7 nitrogen and oxygen atoms in total. The van der Waals surface area contributed by atoms with Gasteiger partial charge in [0.05, 0.1) is 10.0 Å². The van der Waals surface area contributed by atoms with Gasteiger partial charge in [-0.25, -0.2) is 0 Å². The van der Waals surface area contributed by atoms with Crippen molar-refractivity contribution in [1.82, 2.24) is 10.6 Å². The first kappa shape index (κ1) is 26.2. The predicted molar refractivity (Wildman–Crippen MR) is 117 cm³/mol. The van der Waals surface area contributed by atoms with Crippen molar-refractivity contribution in [2.75, 3.05) is 13.7 Å². The summed E-state index contributed by atoms with van der Waals surface area (Å²) in [6, 6.07) is 3.34. The summed E-state index contributed by atoms with van der Waals surface area (Å²) in [4.78, 5) is 36.4. The molecular formula is C21H30Cl2N2O5. The number of carbonyl (C=O) groups excluding carboxylic acids is 2. The maximum Gasteiger partial charge on any atom is 0.303 e. The van der Waals surface area contributed by atoms with Crippen molar-refractivity contribution in [3.05, 3.63) is 33.8 Å². The third-order valence-electron chi connectivity index (χ3n) is 4.60. The van der Waals surface area contributed by atoms with Gasteiger partial charge in [-0.3, -0.25) is 14.4 Å². The molecule has 0 aliphatic rings. The number of ether oxygens (including phenoxy) is 1. The molecule has 9 heteroatoms. The number of hydrogen-bond acceptors (Lipinski definition) is 4. The standard InChI is InChI=1S/C21H30Cl2N2O5/c1-3-4-6-15(7-5-12-30-2)24-21(29)18(10-11-19(26)27)25-20(28)14-8-9-16(22)17(23)13-14/h8-9,13,15,18H,3-7,10-12H2,1-2H3,(H,24,29)(H,25,28)(H,26,27). The Morgan fingerprint density at radius 1 is 1.07 bits per heavy atom. The first-order valence-corrected chi connectivity index (χ1v) is 10.8. The van der Waals surface area contributed by atoms with E-state index in [9.17, 15) is 14.4 Å². The van der Waals surface area contributed by atoms with Gasteiger partial charge >= 0.3 is 5.97 Å². The summed E-state index contributed by atoms with van der Waals surface area (Å²) in [5.74, 6) is -1.97. The van der Waals surface area contributed by atoms with E-state index >= 15 is 0 Å². The minimum absolute atomic E-state index is 0.0210.